The fraction of sp³-hybridized carbons (Fsp3) is 0.138. The second kappa shape index (κ2) is 10.6. The number of fused-ring (bicyclic) bond motifs is 1. The number of hydrogen-bond acceptors (Lipinski definition) is 5. The normalized spacial score (nSPS) is 12.2. The summed E-state index contributed by atoms with van der Waals surface area (Å²) in [5.74, 6) is 0.645. The Morgan fingerprint density at radius 3 is 2.61 bits per heavy atom. The summed E-state index contributed by atoms with van der Waals surface area (Å²) < 4.78 is 5.59. The fourth-order valence-electron chi connectivity index (χ4n) is 4.05. The molecule has 0 spiro atoms. The Morgan fingerprint density at radius 1 is 1.06 bits per heavy atom. The zero-order chi connectivity index (χ0) is 24.9. The molecule has 5 rings (SSSR count). The van der Waals surface area contributed by atoms with Gasteiger partial charge in [0.1, 0.15) is 5.75 Å². The molecule has 0 saturated carbocycles. The van der Waals surface area contributed by atoms with Crippen molar-refractivity contribution < 1.29 is 14.3 Å². The Labute approximate surface area is 213 Å². The summed E-state index contributed by atoms with van der Waals surface area (Å²) in [5.41, 5.74) is 5.93. The lowest BCUT2D eigenvalue weighted by Gasteiger charge is -2.17. The van der Waals surface area contributed by atoms with Crippen LogP contribution in [-0.2, 0) is 22.6 Å². The van der Waals surface area contributed by atoms with Gasteiger partial charge in [0.25, 0.3) is 0 Å². The van der Waals surface area contributed by atoms with Gasteiger partial charge in [-0.3, -0.25) is 14.5 Å². The molecule has 180 valence electrons. The molecular formula is C29H25N3O3S. The van der Waals surface area contributed by atoms with Gasteiger partial charge < -0.3 is 10.1 Å². The zero-order valence-corrected chi connectivity index (χ0v) is 20.6. The van der Waals surface area contributed by atoms with Gasteiger partial charge in [0.2, 0.25) is 11.8 Å². The highest BCUT2D eigenvalue weighted by Gasteiger charge is 2.17. The van der Waals surface area contributed by atoms with E-state index in [1.807, 2.05) is 53.9 Å². The van der Waals surface area contributed by atoms with Crippen LogP contribution in [0.1, 0.15) is 23.7 Å². The SMILES string of the molecule is CC(=O)N(c1ccccc1)c1nc(/C=C/C(=O)NCc2ccc(-c3ccc4c(c3)CCO4)cc2)cs1. The lowest BCUT2D eigenvalue weighted by Crippen LogP contribution is -2.22. The molecule has 1 aliphatic rings. The third kappa shape index (κ3) is 5.37. The van der Waals surface area contributed by atoms with Crippen LogP contribution < -0.4 is 15.0 Å². The molecule has 0 saturated heterocycles. The number of benzene rings is 3. The maximum atomic E-state index is 12.4. The standard InChI is InChI=1S/C29H25N3O3S/c1-20(33)32(26-5-3-2-4-6-26)29-31-25(19-36-29)12-14-28(34)30-18-21-7-9-22(10-8-21)23-11-13-27-24(17-23)15-16-35-27/h2-14,17,19H,15-16,18H2,1H3,(H,30,34)/b14-12+. The minimum Gasteiger partial charge on any atom is -0.493 e. The van der Waals surface area contributed by atoms with E-state index in [9.17, 15) is 9.59 Å². The van der Waals surface area contributed by atoms with Crippen molar-refractivity contribution in [3.05, 3.63) is 101 Å². The van der Waals surface area contributed by atoms with Crippen LogP contribution in [0.4, 0.5) is 10.8 Å². The number of carbonyl (C=O) groups is 2. The molecule has 0 aliphatic carbocycles. The number of rotatable bonds is 7. The van der Waals surface area contributed by atoms with Crippen molar-refractivity contribution in [2.45, 2.75) is 19.9 Å². The predicted octanol–water partition coefficient (Wildman–Crippen LogP) is 5.76. The summed E-state index contributed by atoms with van der Waals surface area (Å²) in [5, 5.41) is 5.29. The lowest BCUT2D eigenvalue weighted by molar-refractivity contribution is -0.117. The number of ether oxygens (including phenoxy) is 1. The van der Waals surface area contributed by atoms with E-state index in [1.165, 1.54) is 29.9 Å². The van der Waals surface area contributed by atoms with Gasteiger partial charge >= 0.3 is 0 Å². The second-order valence-corrected chi connectivity index (χ2v) is 9.25. The number of hydrogen-bond donors (Lipinski definition) is 1. The summed E-state index contributed by atoms with van der Waals surface area (Å²) in [7, 11) is 0. The number of carbonyl (C=O) groups excluding carboxylic acids is 2. The van der Waals surface area contributed by atoms with Gasteiger partial charge in [-0.1, -0.05) is 48.5 Å². The highest BCUT2D eigenvalue weighted by molar-refractivity contribution is 7.14. The van der Waals surface area contributed by atoms with Gasteiger partial charge in [-0.15, -0.1) is 11.3 Å². The summed E-state index contributed by atoms with van der Waals surface area (Å²) in [6, 6.07) is 23.8. The predicted molar refractivity (Wildman–Crippen MR) is 143 cm³/mol. The van der Waals surface area contributed by atoms with E-state index >= 15 is 0 Å². The third-order valence-corrected chi connectivity index (χ3v) is 6.72. The monoisotopic (exact) mass is 495 g/mol. The number of para-hydroxylation sites is 1. The first-order valence-electron chi connectivity index (χ1n) is 11.7. The number of anilines is 2. The largest absolute Gasteiger partial charge is 0.493 e. The minimum absolute atomic E-state index is 0.125. The quantitative estimate of drug-likeness (QED) is 0.331. The topological polar surface area (TPSA) is 71.5 Å². The maximum absolute atomic E-state index is 12.4. The average molecular weight is 496 g/mol. The van der Waals surface area contributed by atoms with Crippen molar-refractivity contribution in [2.24, 2.45) is 0 Å². The van der Waals surface area contributed by atoms with Gasteiger partial charge in [0.05, 0.1) is 18.0 Å². The van der Waals surface area contributed by atoms with Crippen molar-refractivity contribution in [1.29, 1.82) is 0 Å². The molecule has 3 aromatic carbocycles. The van der Waals surface area contributed by atoms with E-state index < -0.39 is 0 Å². The van der Waals surface area contributed by atoms with E-state index in [1.54, 1.807) is 11.0 Å². The van der Waals surface area contributed by atoms with Crippen molar-refractivity contribution in [3.63, 3.8) is 0 Å². The molecular weight excluding hydrogens is 470 g/mol. The average Bonchev–Trinajstić information content (AvgIpc) is 3.56. The van der Waals surface area contributed by atoms with Crippen LogP contribution in [0.2, 0.25) is 0 Å². The molecule has 2 amide bonds. The van der Waals surface area contributed by atoms with Crippen LogP contribution in [0, 0.1) is 0 Å². The van der Waals surface area contributed by atoms with E-state index in [4.69, 9.17) is 4.74 Å². The van der Waals surface area contributed by atoms with Crippen LogP contribution in [0.15, 0.2) is 84.3 Å². The summed E-state index contributed by atoms with van der Waals surface area (Å²) in [4.78, 5) is 30.6. The smallest absolute Gasteiger partial charge is 0.244 e. The first-order valence-corrected chi connectivity index (χ1v) is 12.6. The van der Waals surface area contributed by atoms with E-state index in [0.29, 0.717) is 17.4 Å². The number of aromatic nitrogens is 1. The molecule has 1 aromatic heterocycles. The molecule has 0 bridgehead atoms. The zero-order valence-electron chi connectivity index (χ0n) is 19.8. The highest BCUT2D eigenvalue weighted by atomic mass is 32.1. The minimum atomic E-state index is -0.210. The van der Waals surface area contributed by atoms with Crippen molar-refractivity contribution >= 4 is 40.0 Å². The number of amides is 2. The maximum Gasteiger partial charge on any atom is 0.244 e. The summed E-state index contributed by atoms with van der Waals surface area (Å²) in [6.45, 7) is 2.68. The molecule has 0 radical (unpaired) electrons. The number of thiazole rings is 1. The van der Waals surface area contributed by atoms with Crippen LogP contribution in [0.25, 0.3) is 17.2 Å². The Kier molecular flexibility index (Phi) is 6.91. The van der Waals surface area contributed by atoms with Gasteiger partial charge in [-0.2, -0.15) is 0 Å². The van der Waals surface area contributed by atoms with Crippen molar-refractivity contribution in [1.82, 2.24) is 10.3 Å². The second-order valence-electron chi connectivity index (χ2n) is 8.41. The van der Waals surface area contributed by atoms with Crippen molar-refractivity contribution in [3.8, 4) is 16.9 Å². The van der Waals surface area contributed by atoms with Crippen LogP contribution >= 0.6 is 11.3 Å². The molecule has 0 atom stereocenters. The van der Waals surface area contributed by atoms with Crippen LogP contribution in [-0.4, -0.2) is 23.4 Å². The highest BCUT2D eigenvalue weighted by Crippen LogP contribution is 2.31. The molecule has 0 fully saturated rings. The molecule has 1 N–H and O–H groups in total. The van der Waals surface area contributed by atoms with Crippen LogP contribution in [0.3, 0.4) is 0 Å². The summed E-state index contributed by atoms with van der Waals surface area (Å²) >= 11 is 1.35. The van der Waals surface area contributed by atoms with Gasteiger partial charge in [0, 0.05) is 31.3 Å². The molecule has 1 aliphatic heterocycles. The Morgan fingerprint density at radius 2 is 1.83 bits per heavy atom. The number of nitrogens with one attached hydrogen (secondary N) is 1. The van der Waals surface area contributed by atoms with E-state index in [0.717, 1.165) is 41.2 Å². The molecule has 7 heteroatoms. The fourth-order valence-corrected chi connectivity index (χ4v) is 4.90. The first-order chi connectivity index (χ1) is 17.6. The molecule has 4 aromatic rings. The van der Waals surface area contributed by atoms with Gasteiger partial charge in [-0.25, -0.2) is 4.98 Å². The molecule has 6 nitrogen and oxygen atoms in total. The van der Waals surface area contributed by atoms with Crippen LogP contribution in [0.5, 0.6) is 5.75 Å². The summed E-state index contributed by atoms with van der Waals surface area (Å²) in [6.07, 6.45) is 4.06. The van der Waals surface area contributed by atoms with E-state index in [2.05, 4.69) is 34.6 Å². The van der Waals surface area contributed by atoms with Crippen molar-refractivity contribution in [2.75, 3.05) is 11.5 Å². The number of nitrogens with zero attached hydrogens (tertiary/aromatic N) is 2. The molecule has 36 heavy (non-hydrogen) atoms. The third-order valence-electron chi connectivity index (χ3n) is 5.88. The van der Waals surface area contributed by atoms with Gasteiger partial charge in [0.15, 0.2) is 5.13 Å². The van der Waals surface area contributed by atoms with E-state index in [-0.39, 0.29) is 11.8 Å². The molecule has 0 unspecified atom stereocenters. The Hall–Kier alpha value is -4.23. The Bertz CT molecular complexity index is 1410. The van der Waals surface area contributed by atoms with Gasteiger partial charge in [-0.05, 0) is 52.6 Å². The first kappa shape index (κ1) is 23.5. The Balaban J connectivity index is 1.17. The molecule has 2 heterocycles. The lowest BCUT2D eigenvalue weighted by atomic mass is 10.0.